The van der Waals surface area contributed by atoms with Crippen molar-refractivity contribution in [3.8, 4) is 5.75 Å². The zero-order valence-corrected chi connectivity index (χ0v) is 14.6. The molecule has 92 valence electrons. The van der Waals surface area contributed by atoms with Gasteiger partial charge < -0.3 is 14.6 Å². The van der Waals surface area contributed by atoms with Crippen LogP contribution in [0, 0.1) is 5.82 Å². The molecule has 6 nitrogen and oxygen atoms in total. The summed E-state index contributed by atoms with van der Waals surface area (Å²) in [7, 11) is -4.25. The van der Waals surface area contributed by atoms with Crippen LogP contribution in [0.5, 0.6) is 5.75 Å². The van der Waals surface area contributed by atoms with Crippen molar-refractivity contribution in [1.82, 2.24) is 0 Å². The molecule has 0 bridgehead atoms. The molecule has 1 saturated heterocycles. The second-order valence-electron chi connectivity index (χ2n) is 3.22. The number of hydrogen-bond donors (Lipinski definition) is 1. The third-order valence-electron chi connectivity index (χ3n) is 2.03. The van der Waals surface area contributed by atoms with Crippen molar-refractivity contribution in [1.29, 1.82) is 0 Å². The van der Waals surface area contributed by atoms with Gasteiger partial charge in [-0.2, -0.15) is 0 Å². The van der Waals surface area contributed by atoms with Gasteiger partial charge in [-0.15, -0.1) is 0 Å². The van der Waals surface area contributed by atoms with Gasteiger partial charge in [0.05, 0.1) is 12.5 Å². The topological polar surface area (TPSA) is 88.8 Å². The van der Waals surface area contributed by atoms with E-state index in [0.29, 0.717) is 4.31 Å². The Kier molecular flexibility index (Phi) is 5.20. The van der Waals surface area contributed by atoms with E-state index >= 15 is 0 Å². The molecular formula is C8H5BrFKN2O4S. The Morgan fingerprint density at radius 3 is 2.50 bits per heavy atom. The van der Waals surface area contributed by atoms with E-state index in [2.05, 4.69) is 20.7 Å². The summed E-state index contributed by atoms with van der Waals surface area (Å²) < 4.78 is 39.9. The largest absolute Gasteiger partial charge is 1.00 e. The van der Waals surface area contributed by atoms with Crippen LogP contribution >= 0.6 is 15.9 Å². The second kappa shape index (κ2) is 5.73. The Bertz CT molecular complexity index is 586. The van der Waals surface area contributed by atoms with E-state index in [9.17, 15) is 22.7 Å². The number of benzene rings is 1. The summed E-state index contributed by atoms with van der Waals surface area (Å²) in [4.78, 5) is 10.9. The van der Waals surface area contributed by atoms with E-state index in [1.165, 1.54) is 0 Å². The molecule has 1 fully saturated rings. The quantitative estimate of drug-likeness (QED) is 0.601. The van der Waals surface area contributed by atoms with Gasteiger partial charge in [-0.25, -0.2) is 12.8 Å². The minimum absolute atomic E-state index is 0. The number of halogens is 2. The first-order valence-electron chi connectivity index (χ1n) is 4.28. The van der Waals surface area contributed by atoms with E-state index in [-0.39, 0.29) is 55.9 Å². The summed E-state index contributed by atoms with van der Waals surface area (Å²) in [6.45, 7) is -0.617. The molecule has 18 heavy (non-hydrogen) atoms. The van der Waals surface area contributed by atoms with E-state index in [1.54, 1.807) is 0 Å². The first kappa shape index (κ1) is 16.3. The molecule has 1 aliphatic rings. The fourth-order valence-electron chi connectivity index (χ4n) is 1.40. The smallest absolute Gasteiger partial charge is 0.526 e. The molecule has 1 aromatic carbocycles. The molecule has 1 aromatic rings. The predicted octanol–water partition coefficient (Wildman–Crippen LogP) is -1.74. The normalized spacial score (nSPS) is 17.2. The zero-order valence-electron chi connectivity index (χ0n) is 9.09. The number of anilines is 1. The van der Waals surface area contributed by atoms with Gasteiger partial charge in [0.1, 0.15) is 11.4 Å². The first-order chi connectivity index (χ1) is 7.81. The molecule has 1 heterocycles. The van der Waals surface area contributed by atoms with Crippen LogP contribution in [0.25, 0.3) is 4.72 Å². The van der Waals surface area contributed by atoms with Crippen molar-refractivity contribution < 1.29 is 74.1 Å². The van der Waals surface area contributed by atoms with Crippen molar-refractivity contribution in [2.45, 2.75) is 0 Å². The van der Waals surface area contributed by atoms with Crippen LogP contribution in [-0.2, 0) is 15.0 Å². The Labute approximate surface area is 153 Å². The molecule has 0 spiro atoms. The average molecular weight is 363 g/mol. The summed E-state index contributed by atoms with van der Waals surface area (Å²) in [5.41, 5.74) is -0.581. The van der Waals surface area contributed by atoms with E-state index in [0.717, 1.165) is 12.1 Å². The van der Waals surface area contributed by atoms with Gasteiger partial charge in [0.25, 0.3) is 0 Å². The van der Waals surface area contributed by atoms with Crippen LogP contribution < -0.4 is 55.7 Å². The van der Waals surface area contributed by atoms with E-state index in [4.69, 9.17) is 0 Å². The number of rotatable bonds is 1. The van der Waals surface area contributed by atoms with Gasteiger partial charge in [-0.3, -0.25) is 4.31 Å². The molecule has 0 atom stereocenters. The number of aromatic hydroxyl groups is 1. The third-order valence-corrected chi connectivity index (χ3v) is 3.79. The second-order valence-corrected chi connectivity index (χ2v) is 5.66. The maximum atomic E-state index is 13.6. The van der Waals surface area contributed by atoms with Crippen molar-refractivity contribution in [3.05, 3.63) is 27.1 Å². The van der Waals surface area contributed by atoms with Gasteiger partial charge in [0.2, 0.25) is 0 Å². The molecule has 1 aliphatic heterocycles. The Morgan fingerprint density at radius 1 is 1.44 bits per heavy atom. The molecule has 0 aromatic heterocycles. The SMILES string of the molecule is O=C1CN(c2c(O)cc(Br)cc2F)S(=O)(=O)[N-]1.[K+]. The molecule has 2 rings (SSSR count). The van der Waals surface area contributed by atoms with Crippen LogP contribution in [0.3, 0.4) is 0 Å². The van der Waals surface area contributed by atoms with Crippen molar-refractivity contribution in [2.75, 3.05) is 10.8 Å². The fraction of sp³-hybridized carbons (Fsp3) is 0.125. The molecule has 0 aliphatic carbocycles. The standard InChI is InChI=1S/C8H6BrFN2O4S.K/c9-4-1-5(10)8(6(13)2-4)12-3-7(14)11-17(12,15)16;/h1-2H,3H2,(H2,11,13,14);/q;+1/p-1. The fourth-order valence-corrected chi connectivity index (χ4v) is 2.92. The summed E-state index contributed by atoms with van der Waals surface area (Å²) in [6.07, 6.45) is 0. The first-order valence-corrected chi connectivity index (χ1v) is 6.47. The summed E-state index contributed by atoms with van der Waals surface area (Å²) in [5.74, 6) is -2.47. The Morgan fingerprint density at radius 2 is 2.06 bits per heavy atom. The van der Waals surface area contributed by atoms with Crippen LogP contribution in [0.2, 0.25) is 0 Å². The van der Waals surface area contributed by atoms with Crippen molar-refractivity contribution in [3.63, 3.8) is 0 Å². The number of hydrogen-bond acceptors (Lipinski definition) is 4. The van der Waals surface area contributed by atoms with Gasteiger partial charge >= 0.3 is 51.4 Å². The minimum atomic E-state index is -4.25. The maximum absolute atomic E-state index is 13.6. The van der Waals surface area contributed by atoms with Crippen LogP contribution in [0.4, 0.5) is 10.1 Å². The third kappa shape index (κ3) is 3.06. The summed E-state index contributed by atoms with van der Waals surface area (Å²) in [6, 6.07) is 2.10. The monoisotopic (exact) mass is 362 g/mol. The number of nitrogens with zero attached hydrogens (tertiary/aromatic N) is 2. The Balaban J connectivity index is 0.00000162. The zero-order chi connectivity index (χ0) is 12.8. The number of carbonyl (C=O) groups is 1. The maximum Gasteiger partial charge on any atom is 1.00 e. The van der Waals surface area contributed by atoms with Gasteiger partial charge in [0.15, 0.2) is 16.0 Å². The van der Waals surface area contributed by atoms with Gasteiger partial charge in [0, 0.05) is 4.47 Å². The number of phenolic OH excluding ortho intramolecular Hbond substituents is 1. The number of carbonyl (C=O) groups excluding carboxylic acids is 1. The van der Waals surface area contributed by atoms with Crippen LogP contribution in [0.1, 0.15) is 0 Å². The minimum Gasteiger partial charge on any atom is -0.526 e. The molecule has 1 N–H and O–H groups in total. The summed E-state index contributed by atoms with van der Waals surface area (Å²) >= 11 is 2.94. The van der Waals surface area contributed by atoms with Crippen LogP contribution in [0.15, 0.2) is 16.6 Å². The number of phenols is 1. The van der Waals surface area contributed by atoms with Crippen molar-refractivity contribution >= 4 is 37.7 Å². The van der Waals surface area contributed by atoms with Gasteiger partial charge in [-0.1, -0.05) is 15.9 Å². The Hall–Kier alpha value is 0.286. The average Bonchev–Trinajstić information content (AvgIpc) is 2.37. The van der Waals surface area contributed by atoms with Gasteiger partial charge in [-0.05, 0) is 12.1 Å². The molecule has 0 unspecified atom stereocenters. The molecule has 10 heteroatoms. The summed E-state index contributed by atoms with van der Waals surface area (Å²) in [5, 5.41) is 9.52. The molecule has 0 radical (unpaired) electrons. The van der Waals surface area contributed by atoms with E-state index < -0.39 is 39.9 Å². The molecule has 1 amide bonds. The molecular weight excluding hydrogens is 358 g/mol. The van der Waals surface area contributed by atoms with Crippen molar-refractivity contribution in [2.24, 2.45) is 0 Å². The van der Waals surface area contributed by atoms with E-state index in [1.807, 2.05) is 0 Å². The molecule has 0 saturated carbocycles. The number of amides is 1. The van der Waals surface area contributed by atoms with Crippen LogP contribution in [-0.4, -0.2) is 26.0 Å². The predicted molar refractivity (Wildman–Crippen MR) is 60.4 cm³/mol.